The lowest BCUT2D eigenvalue weighted by Crippen LogP contribution is -2.45. The van der Waals surface area contributed by atoms with E-state index in [1.54, 1.807) is 30.1 Å². The number of nitrogens with one attached hydrogen (secondary N) is 2. The molecule has 3 heterocycles. The van der Waals surface area contributed by atoms with Crippen molar-refractivity contribution in [1.29, 1.82) is 0 Å². The maximum atomic E-state index is 14.3. The maximum Gasteiger partial charge on any atom is 0.321 e. The number of hydrogen-bond donors (Lipinski definition) is 2. The second-order valence-electron chi connectivity index (χ2n) is 7.47. The van der Waals surface area contributed by atoms with Crippen LogP contribution in [0.2, 0.25) is 5.02 Å². The Balaban J connectivity index is 1.43. The highest BCUT2D eigenvalue weighted by Gasteiger charge is 2.20. The van der Waals surface area contributed by atoms with Gasteiger partial charge < -0.3 is 15.1 Å². The van der Waals surface area contributed by atoms with Crippen LogP contribution in [0.15, 0.2) is 30.3 Å². The average Bonchev–Trinajstić information content (AvgIpc) is 3.15. The predicted molar refractivity (Wildman–Crippen MR) is 124 cm³/mol. The van der Waals surface area contributed by atoms with Gasteiger partial charge in [0.05, 0.1) is 5.69 Å². The van der Waals surface area contributed by atoms with Crippen LogP contribution in [0.5, 0.6) is 0 Å². The smallest absolute Gasteiger partial charge is 0.321 e. The van der Waals surface area contributed by atoms with Gasteiger partial charge in [-0.2, -0.15) is 0 Å². The van der Waals surface area contributed by atoms with Crippen LogP contribution in [0.3, 0.4) is 0 Å². The molecule has 2 N–H and O–H groups in total. The van der Waals surface area contributed by atoms with Crippen molar-refractivity contribution in [3.05, 3.63) is 41.2 Å². The number of aromatic nitrogens is 2. The van der Waals surface area contributed by atoms with Crippen LogP contribution in [0.25, 0.3) is 10.3 Å². The van der Waals surface area contributed by atoms with E-state index in [0.717, 1.165) is 32.5 Å². The van der Waals surface area contributed by atoms with Gasteiger partial charge in [0, 0.05) is 31.2 Å². The predicted octanol–water partition coefficient (Wildman–Crippen LogP) is 4.86. The Bertz CT molecular complexity index is 1080. The first-order valence-electron chi connectivity index (χ1n) is 10.2. The molecule has 0 spiro atoms. The van der Waals surface area contributed by atoms with E-state index in [1.165, 1.54) is 17.4 Å². The topological polar surface area (TPSA) is 73.4 Å². The van der Waals surface area contributed by atoms with Crippen molar-refractivity contribution in [2.24, 2.45) is 0 Å². The quantitative estimate of drug-likeness (QED) is 0.566. The second-order valence-corrected chi connectivity index (χ2v) is 8.89. The minimum absolute atomic E-state index is 0.171. The molecule has 1 fully saturated rings. The molecule has 4 rings (SSSR count). The zero-order valence-electron chi connectivity index (χ0n) is 17.4. The summed E-state index contributed by atoms with van der Waals surface area (Å²) >= 11 is 7.12. The summed E-state index contributed by atoms with van der Waals surface area (Å²) in [7, 11) is 1.73. The Labute approximate surface area is 189 Å². The molecule has 0 saturated carbocycles. The number of piperidine rings is 1. The molecule has 1 aliphatic rings. The normalized spacial score (nSPS) is 15.2. The Kier molecular flexibility index (Phi) is 6.54. The number of amides is 2. The minimum atomic E-state index is -0.426. The van der Waals surface area contributed by atoms with Crippen molar-refractivity contribution >= 4 is 56.0 Å². The number of hydrogen-bond acceptors (Lipinski definition) is 6. The number of carbonyl (C=O) groups excluding carboxylic acids is 1. The molecule has 0 atom stereocenters. The van der Waals surface area contributed by atoms with Crippen LogP contribution in [0.4, 0.5) is 25.8 Å². The number of anilines is 3. The van der Waals surface area contributed by atoms with Crippen molar-refractivity contribution in [3.63, 3.8) is 0 Å². The van der Waals surface area contributed by atoms with Gasteiger partial charge in [-0.1, -0.05) is 29.9 Å². The molecule has 0 radical (unpaired) electrons. The van der Waals surface area contributed by atoms with E-state index in [9.17, 15) is 9.18 Å². The molecule has 1 aromatic carbocycles. The van der Waals surface area contributed by atoms with Gasteiger partial charge in [0.2, 0.25) is 0 Å². The lowest BCUT2D eigenvalue weighted by molar-refractivity contribution is 0.203. The number of rotatable bonds is 5. The third kappa shape index (κ3) is 5.06. The molecule has 3 aromatic rings. The molecule has 1 saturated heterocycles. The molecule has 2 amide bonds. The van der Waals surface area contributed by atoms with Gasteiger partial charge in [0.25, 0.3) is 0 Å². The van der Waals surface area contributed by atoms with E-state index in [1.807, 2.05) is 6.07 Å². The Morgan fingerprint density at radius 1 is 1.29 bits per heavy atom. The van der Waals surface area contributed by atoms with Crippen LogP contribution in [-0.4, -0.2) is 53.6 Å². The molecule has 31 heavy (non-hydrogen) atoms. The number of halogens is 2. The third-order valence-corrected chi connectivity index (χ3v) is 6.56. The summed E-state index contributed by atoms with van der Waals surface area (Å²) in [5.74, 6) is 0.140. The zero-order valence-corrected chi connectivity index (χ0v) is 18.9. The van der Waals surface area contributed by atoms with Gasteiger partial charge in [-0.05, 0) is 49.7 Å². The molecule has 7 nitrogen and oxygen atoms in total. The minimum Gasteiger partial charge on any atom is -0.335 e. The van der Waals surface area contributed by atoms with Crippen molar-refractivity contribution in [2.75, 3.05) is 36.9 Å². The highest BCUT2D eigenvalue weighted by atomic mass is 35.5. The summed E-state index contributed by atoms with van der Waals surface area (Å²) in [6.07, 6.45) is 1.89. The van der Waals surface area contributed by atoms with Crippen molar-refractivity contribution in [1.82, 2.24) is 20.2 Å². The fraction of sp³-hybridized carbons (Fsp3) is 0.381. The Morgan fingerprint density at radius 3 is 2.77 bits per heavy atom. The SMILES string of the molecule is CCN1CCC(NC(=O)Nc2nc3ccc(N(C)c4ccc(Cl)cc4F)nc3s2)CC1. The number of likely N-dealkylation sites (tertiary alicyclic amines) is 1. The van der Waals surface area contributed by atoms with Gasteiger partial charge in [-0.25, -0.2) is 19.2 Å². The zero-order chi connectivity index (χ0) is 22.0. The fourth-order valence-electron chi connectivity index (χ4n) is 3.64. The van der Waals surface area contributed by atoms with E-state index in [4.69, 9.17) is 11.6 Å². The molecule has 1 aliphatic heterocycles. The molecule has 10 heteroatoms. The van der Waals surface area contributed by atoms with Crippen LogP contribution >= 0.6 is 22.9 Å². The lowest BCUT2D eigenvalue weighted by atomic mass is 10.1. The van der Waals surface area contributed by atoms with Gasteiger partial charge in [-0.3, -0.25) is 5.32 Å². The number of thiazole rings is 1. The average molecular weight is 463 g/mol. The van der Waals surface area contributed by atoms with Crippen LogP contribution in [0.1, 0.15) is 19.8 Å². The van der Waals surface area contributed by atoms with Gasteiger partial charge in [0.1, 0.15) is 22.0 Å². The summed E-state index contributed by atoms with van der Waals surface area (Å²) in [6.45, 7) is 5.18. The summed E-state index contributed by atoms with van der Waals surface area (Å²) in [4.78, 5) is 26.1. The number of carbonyl (C=O) groups is 1. The summed E-state index contributed by atoms with van der Waals surface area (Å²) in [5.41, 5.74) is 1.04. The maximum absolute atomic E-state index is 14.3. The van der Waals surface area contributed by atoms with E-state index in [-0.39, 0.29) is 12.1 Å². The van der Waals surface area contributed by atoms with E-state index in [0.29, 0.717) is 32.0 Å². The number of pyridine rings is 1. The fourth-order valence-corrected chi connectivity index (χ4v) is 4.62. The third-order valence-electron chi connectivity index (χ3n) is 5.45. The number of nitrogens with zero attached hydrogens (tertiary/aromatic N) is 4. The first kappa shape index (κ1) is 21.7. The van der Waals surface area contributed by atoms with E-state index < -0.39 is 5.82 Å². The first-order chi connectivity index (χ1) is 14.9. The van der Waals surface area contributed by atoms with Crippen molar-refractivity contribution < 1.29 is 9.18 Å². The van der Waals surface area contributed by atoms with Gasteiger partial charge in [-0.15, -0.1) is 0 Å². The Hall–Kier alpha value is -2.49. The highest BCUT2D eigenvalue weighted by Crippen LogP contribution is 2.31. The van der Waals surface area contributed by atoms with Crippen molar-refractivity contribution in [3.8, 4) is 0 Å². The second kappa shape index (κ2) is 9.33. The summed E-state index contributed by atoms with van der Waals surface area (Å²) in [6, 6.07) is 8.00. The monoisotopic (exact) mass is 462 g/mol. The molecule has 0 aliphatic carbocycles. The van der Waals surface area contributed by atoms with Crippen LogP contribution < -0.4 is 15.5 Å². The Morgan fingerprint density at radius 2 is 2.06 bits per heavy atom. The summed E-state index contributed by atoms with van der Waals surface area (Å²) < 4.78 is 14.3. The molecule has 2 aromatic heterocycles. The molecule has 0 unspecified atom stereocenters. The summed E-state index contributed by atoms with van der Waals surface area (Å²) in [5, 5.41) is 6.66. The van der Waals surface area contributed by atoms with Gasteiger partial charge in [0.15, 0.2) is 5.13 Å². The number of urea groups is 1. The first-order valence-corrected chi connectivity index (χ1v) is 11.4. The van der Waals surface area contributed by atoms with Gasteiger partial charge >= 0.3 is 6.03 Å². The van der Waals surface area contributed by atoms with Crippen LogP contribution in [0, 0.1) is 5.82 Å². The molecule has 164 valence electrons. The van der Waals surface area contributed by atoms with Crippen LogP contribution in [-0.2, 0) is 0 Å². The van der Waals surface area contributed by atoms with E-state index in [2.05, 4.69) is 32.4 Å². The standard InChI is InChI=1S/C21H24ClFN6OS/c1-3-29-10-8-14(9-11-29)24-20(30)27-21-25-16-5-7-18(26-19(16)31-21)28(2)17-6-4-13(22)12-15(17)23/h4-7,12,14H,3,8-11H2,1-2H3,(H2,24,25,27,30). The highest BCUT2D eigenvalue weighted by molar-refractivity contribution is 7.22. The molecular weight excluding hydrogens is 439 g/mol. The number of fused-ring (bicyclic) bond motifs is 1. The molecule has 0 bridgehead atoms. The molecular formula is C21H24ClFN6OS. The van der Waals surface area contributed by atoms with Crippen molar-refractivity contribution in [2.45, 2.75) is 25.8 Å². The number of benzene rings is 1. The lowest BCUT2D eigenvalue weighted by Gasteiger charge is -2.31. The largest absolute Gasteiger partial charge is 0.335 e. The van der Waals surface area contributed by atoms with E-state index >= 15 is 0 Å².